The number of carbonyl (C=O) groups excluding carboxylic acids is 2. The smallest absolute Gasteiger partial charge is 0.311 e. The van der Waals surface area contributed by atoms with Crippen molar-refractivity contribution < 1.29 is 36.8 Å². The molecule has 12 heteroatoms. The van der Waals surface area contributed by atoms with Crippen molar-refractivity contribution in [2.45, 2.75) is 19.4 Å². The quantitative estimate of drug-likeness (QED) is 0.469. The first-order valence-electron chi connectivity index (χ1n) is 6.55. The number of urea groups is 1. The Bertz CT molecular complexity index is 562. The number of imide groups is 1. The molecule has 1 rings (SSSR count). The normalized spacial score (nSPS) is 18.9. The molecule has 0 aliphatic carbocycles. The highest BCUT2D eigenvalue weighted by atomic mass is 31.2. The Morgan fingerprint density at radius 3 is 1.65 bits per heavy atom. The standard InChI is InChI=1S/C11H22N2O8P2/c1-11(2)9(14)12(7-22(16,18-3)19-4)10(15)13(11)8-23(17,20-5)21-6/h7-8H2,1-6H3. The van der Waals surface area contributed by atoms with Gasteiger partial charge in [0.15, 0.2) is 0 Å². The zero-order chi connectivity index (χ0) is 18.1. The van der Waals surface area contributed by atoms with Crippen LogP contribution in [0.25, 0.3) is 0 Å². The molecule has 0 saturated carbocycles. The van der Waals surface area contributed by atoms with Gasteiger partial charge in [0, 0.05) is 28.4 Å². The van der Waals surface area contributed by atoms with Crippen LogP contribution >= 0.6 is 15.2 Å². The van der Waals surface area contributed by atoms with Crippen LogP contribution in [-0.2, 0) is 32.0 Å². The summed E-state index contributed by atoms with van der Waals surface area (Å²) in [5.74, 6) is -0.615. The summed E-state index contributed by atoms with van der Waals surface area (Å²) in [4.78, 5) is 26.8. The Morgan fingerprint density at radius 1 is 0.870 bits per heavy atom. The predicted molar refractivity (Wildman–Crippen MR) is 81.1 cm³/mol. The lowest BCUT2D eigenvalue weighted by Crippen LogP contribution is -2.44. The second-order valence-corrected chi connectivity index (χ2v) is 9.71. The summed E-state index contributed by atoms with van der Waals surface area (Å²) in [5, 5.41) is 0. The minimum absolute atomic E-state index is 0.418. The van der Waals surface area contributed by atoms with Crippen molar-refractivity contribution in [3.8, 4) is 0 Å². The van der Waals surface area contributed by atoms with Gasteiger partial charge in [0.1, 0.15) is 18.1 Å². The van der Waals surface area contributed by atoms with Crippen molar-refractivity contribution in [3.63, 3.8) is 0 Å². The van der Waals surface area contributed by atoms with E-state index in [-0.39, 0.29) is 0 Å². The fourth-order valence-electron chi connectivity index (χ4n) is 2.01. The molecular weight excluding hydrogens is 350 g/mol. The molecule has 1 heterocycles. The minimum Gasteiger partial charge on any atom is -0.311 e. The van der Waals surface area contributed by atoms with Gasteiger partial charge in [-0.2, -0.15) is 0 Å². The summed E-state index contributed by atoms with van der Waals surface area (Å²) in [7, 11) is -2.52. The van der Waals surface area contributed by atoms with Gasteiger partial charge in [-0.05, 0) is 13.8 Å². The predicted octanol–water partition coefficient (Wildman–Crippen LogP) is 1.92. The average molecular weight is 372 g/mol. The zero-order valence-corrected chi connectivity index (χ0v) is 15.8. The molecule has 0 aromatic heterocycles. The second kappa shape index (κ2) is 7.01. The third kappa shape index (κ3) is 3.84. The van der Waals surface area contributed by atoms with Crippen LogP contribution in [0, 0.1) is 0 Å². The van der Waals surface area contributed by atoms with Crippen LogP contribution in [0.3, 0.4) is 0 Å². The largest absolute Gasteiger partial charge is 0.349 e. The molecule has 0 spiro atoms. The molecule has 10 nitrogen and oxygen atoms in total. The van der Waals surface area contributed by atoms with Gasteiger partial charge in [-0.25, -0.2) is 9.69 Å². The molecule has 1 fully saturated rings. The first kappa shape index (κ1) is 20.3. The molecule has 1 saturated heterocycles. The number of nitrogens with zero attached hydrogens (tertiary/aromatic N) is 2. The van der Waals surface area contributed by atoms with Gasteiger partial charge in [-0.1, -0.05) is 0 Å². The van der Waals surface area contributed by atoms with Crippen LogP contribution in [0.5, 0.6) is 0 Å². The van der Waals surface area contributed by atoms with E-state index in [4.69, 9.17) is 18.1 Å². The van der Waals surface area contributed by atoms with Crippen molar-refractivity contribution in [3.05, 3.63) is 0 Å². The molecule has 3 amide bonds. The summed E-state index contributed by atoms with van der Waals surface area (Å²) >= 11 is 0. The average Bonchev–Trinajstić information content (AvgIpc) is 2.69. The van der Waals surface area contributed by atoms with Gasteiger partial charge in [-0.3, -0.25) is 18.8 Å². The van der Waals surface area contributed by atoms with Crippen LogP contribution in [0.4, 0.5) is 4.79 Å². The Labute approximate surface area is 135 Å². The maximum atomic E-state index is 12.5. The minimum atomic E-state index is -3.63. The van der Waals surface area contributed by atoms with Crippen molar-refractivity contribution >= 4 is 27.1 Å². The van der Waals surface area contributed by atoms with E-state index in [9.17, 15) is 18.7 Å². The molecule has 1 aliphatic rings. The molecule has 0 unspecified atom stereocenters. The third-order valence-electron chi connectivity index (χ3n) is 3.65. The Kier molecular flexibility index (Phi) is 6.18. The summed E-state index contributed by atoms with van der Waals surface area (Å²) in [6.07, 6.45) is -0.958. The molecule has 1 aliphatic heterocycles. The number of carbonyl (C=O) groups is 2. The lowest BCUT2D eigenvalue weighted by Gasteiger charge is -2.29. The van der Waals surface area contributed by atoms with E-state index >= 15 is 0 Å². The van der Waals surface area contributed by atoms with E-state index in [1.165, 1.54) is 28.1 Å². The van der Waals surface area contributed by atoms with Crippen LogP contribution in [0.1, 0.15) is 13.8 Å². The maximum absolute atomic E-state index is 12.5. The number of hydrogen-bond acceptors (Lipinski definition) is 8. The highest BCUT2D eigenvalue weighted by Crippen LogP contribution is 2.51. The van der Waals surface area contributed by atoms with E-state index in [1.54, 1.807) is 0 Å². The number of amides is 3. The van der Waals surface area contributed by atoms with E-state index in [0.717, 1.165) is 24.0 Å². The maximum Gasteiger partial charge on any atom is 0.349 e. The fourth-order valence-corrected chi connectivity index (χ4v) is 4.18. The highest BCUT2D eigenvalue weighted by molar-refractivity contribution is 7.54. The number of rotatable bonds is 8. The monoisotopic (exact) mass is 372 g/mol. The second-order valence-electron chi connectivity index (χ2n) is 5.24. The topological polar surface area (TPSA) is 112 Å². The van der Waals surface area contributed by atoms with Gasteiger partial charge in [0.25, 0.3) is 5.91 Å². The van der Waals surface area contributed by atoms with Crippen LogP contribution in [0.15, 0.2) is 0 Å². The molecule has 0 N–H and O–H groups in total. The van der Waals surface area contributed by atoms with Crippen LogP contribution < -0.4 is 0 Å². The first-order valence-corrected chi connectivity index (χ1v) is 10.0. The molecule has 0 atom stereocenters. The molecule has 0 radical (unpaired) electrons. The molecular formula is C11H22N2O8P2. The van der Waals surface area contributed by atoms with Crippen LogP contribution in [-0.4, -0.2) is 68.3 Å². The van der Waals surface area contributed by atoms with E-state index in [2.05, 4.69) is 0 Å². The summed E-state index contributed by atoms with van der Waals surface area (Å²) < 4.78 is 43.6. The number of hydrogen-bond donors (Lipinski definition) is 0. The van der Waals surface area contributed by atoms with Gasteiger partial charge >= 0.3 is 21.2 Å². The lowest BCUT2D eigenvalue weighted by molar-refractivity contribution is -0.131. The zero-order valence-electron chi connectivity index (χ0n) is 14.0. The van der Waals surface area contributed by atoms with Gasteiger partial charge in [-0.15, -0.1) is 0 Å². The van der Waals surface area contributed by atoms with Gasteiger partial charge < -0.3 is 18.1 Å². The van der Waals surface area contributed by atoms with E-state index in [0.29, 0.717) is 0 Å². The lowest BCUT2D eigenvalue weighted by atomic mass is 10.1. The summed E-state index contributed by atoms with van der Waals surface area (Å²) in [5.41, 5.74) is -1.31. The van der Waals surface area contributed by atoms with Gasteiger partial charge in [0.05, 0.1) is 0 Å². The van der Waals surface area contributed by atoms with Crippen molar-refractivity contribution in [1.82, 2.24) is 9.80 Å². The first-order chi connectivity index (χ1) is 10.5. The summed E-state index contributed by atoms with van der Waals surface area (Å²) in [6, 6.07) is -0.774. The summed E-state index contributed by atoms with van der Waals surface area (Å²) in [6.45, 7) is 2.96. The van der Waals surface area contributed by atoms with Crippen molar-refractivity contribution in [2.24, 2.45) is 0 Å². The molecule has 134 valence electrons. The van der Waals surface area contributed by atoms with Crippen molar-refractivity contribution in [2.75, 3.05) is 41.0 Å². The van der Waals surface area contributed by atoms with Crippen LogP contribution in [0.2, 0.25) is 0 Å². The molecule has 23 heavy (non-hydrogen) atoms. The highest BCUT2D eigenvalue weighted by Gasteiger charge is 2.54. The molecule has 0 aromatic rings. The Hall–Kier alpha value is -0.760. The third-order valence-corrected chi connectivity index (χ3v) is 7.13. The van der Waals surface area contributed by atoms with Crippen molar-refractivity contribution in [1.29, 1.82) is 0 Å². The fraction of sp³-hybridized carbons (Fsp3) is 0.818. The van der Waals surface area contributed by atoms with E-state index in [1.807, 2.05) is 0 Å². The molecule has 0 aromatic carbocycles. The Morgan fingerprint density at radius 2 is 1.26 bits per heavy atom. The van der Waals surface area contributed by atoms with Gasteiger partial charge in [0.2, 0.25) is 0 Å². The molecule has 0 bridgehead atoms. The van der Waals surface area contributed by atoms with E-state index < -0.39 is 45.2 Å². The Balaban J connectivity index is 3.13. The SMILES string of the molecule is COP(=O)(CN1C(=O)N(CP(=O)(OC)OC)C(C)(C)C1=O)OC.